The Hall–Kier alpha value is -2.07. The van der Waals surface area contributed by atoms with Gasteiger partial charge in [-0.1, -0.05) is 23.7 Å². The number of rotatable bonds is 3. The van der Waals surface area contributed by atoms with Crippen molar-refractivity contribution in [3.8, 4) is 17.0 Å². The second-order valence-corrected chi connectivity index (χ2v) is 4.03. The topological polar surface area (TPSA) is 59.4 Å². The molecule has 0 spiro atoms. The third kappa shape index (κ3) is 2.43. The molecule has 0 radical (unpaired) electrons. The molecule has 2 aromatic rings. The van der Waals surface area contributed by atoms with Crippen LogP contribution in [0.2, 0.25) is 5.02 Å². The van der Waals surface area contributed by atoms with Gasteiger partial charge in [-0.05, 0) is 23.8 Å². The largest absolute Gasteiger partial charge is 0.480 e. The summed E-state index contributed by atoms with van der Waals surface area (Å²) in [7, 11) is 1.39. The number of hydrogen-bond acceptors (Lipinski definition) is 3. The van der Waals surface area contributed by atoms with E-state index in [4.69, 9.17) is 21.4 Å². The number of pyridine rings is 1. The van der Waals surface area contributed by atoms with Gasteiger partial charge in [-0.2, -0.15) is 0 Å². The van der Waals surface area contributed by atoms with Gasteiger partial charge in [0.25, 0.3) is 0 Å². The van der Waals surface area contributed by atoms with Crippen LogP contribution in [0.1, 0.15) is 10.4 Å². The Kier molecular flexibility index (Phi) is 3.48. The number of carboxylic acids is 1. The van der Waals surface area contributed by atoms with E-state index in [-0.39, 0.29) is 11.4 Å². The normalized spacial score (nSPS) is 10.1. The fraction of sp³-hybridized carbons (Fsp3) is 0.0769. The summed E-state index contributed by atoms with van der Waals surface area (Å²) >= 11 is 5.80. The highest BCUT2D eigenvalue weighted by Crippen LogP contribution is 2.25. The molecule has 1 heterocycles. The molecule has 0 aliphatic heterocycles. The van der Waals surface area contributed by atoms with Gasteiger partial charge in [-0.15, -0.1) is 0 Å². The zero-order chi connectivity index (χ0) is 13.1. The van der Waals surface area contributed by atoms with Crippen molar-refractivity contribution in [2.45, 2.75) is 0 Å². The monoisotopic (exact) mass is 263 g/mol. The first-order valence-electron chi connectivity index (χ1n) is 5.15. The van der Waals surface area contributed by atoms with E-state index in [0.717, 1.165) is 5.56 Å². The minimum atomic E-state index is -1.07. The smallest absolute Gasteiger partial charge is 0.341 e. The number of benzene rings is 1. The highest BCUT2D eigenvalue weighted by atomic mass is 35.5. The van der Waals surface area contributed by atoms with Gasteiger partial charge in [-0.25, -0.2) is 9.78 Å². The maximum atomic E-state index is 11.1. The number of nitrogens with zero attached hydrogens (tertiary/aromatic N) is 1. The summed E-state index contributed by atoms with van der Waals surface area (Å²) in [6, 6.07) is 8.61. The molecule has 0 aliphatic rings. The molecule has 18 heavy (non-hydrogen) atoms. The van der Waals surface area contributed by atoms with Gasteiger partial charge in [0.15, 0.2) is 0 Å². The molecule has 2 rings (SSSR count). The first kappa shape index (κ1) is 12.4. The zero-order valence-corrected chi connectivity index (χ0v) is 10.3. The van der Waals surface area contributed by atoms with Crippen LogP contribution in [0.5, 0.6) is 5.88 Å². The van der Waals surface area contributed by atoms with Crippen molar-refractivity contribution in [2.24, 2.45) is 0 Å². The van der Waals surface area contributed by atoms with E-state index in [2.05, 4.69) is 4.98 Å². The third-order valence-electron chi connectivity index (χ3n) is 2.45. The summed E-state index contributed by atoms with van der Waals surface area (Å²) in [4.78, 5) is 15.1. The molecule has 4 nitrogen and oxygen atoms in total. The predicted molar refractivity (Wildman–Crippen MR) is 68.2 cm³/mol. The molecule has 0 amide bonds. The fourth-order valence-electron chi connectivity index (χ4n) is 1.57. The van der Waals surface area contributed by atoms with E-state index >= 15 is 0 Å². The Balaban J connectivity index is 2.49. The van der Waals surface area contributed by atoms with Crippen molar-refractivity contribution in [1.29, 1.82) is 0 Å². The molecule has 92 valence electrons. The lowest BCUT2D eigenvalue weighted by Crippen LogP contribution is -2.02. The second-order valence-electron chi connectivity index (χ2n) is 3.59. The number of aromatic carboxylic acids is 1. The molecule has 5 heteroatoms. The summed E-state index contributed by atoms with van der Waals surface area (Å²) in [5.74, 6) is -0.977. The number of carbonyl (C=O) groups is 1. The van der Waals surface area contributed by atoms with Crippen LogP contribution in [0.3, 0.4) is 0 Å². The fourth-order valence-corrected chi connectivity index (χ4v) is 1.69. The lowest BCUT2D eigenvalue weighted by molar-refractivity contribution is 0.0692. The highest BCUT2D eigenvalue weighted by Gasteiger charge is 2.13. The average Bonchev–Trinajstić information content (AvgIpc) is 2.39. The number of methoxy groups -OCH3 is 1. The Morgan fingerprint density at radius 1 is 1.28 bits per heavy atom. The molecule has 0 atom stereocenters. The van der Waals surface area contributed by atoms with Crippen LogP contribution in [0.15, 0.2) is 36.5 Å². The van der Waals surface area contributed by atoms with E-state index in [0.29, 0.717) is 10.6 Å². The molecule has 0 bridgehead atoms. The van der Waals surface area contributed by atoms with Crippen LogP contribution < -0.4 is 4.74 Å². The molecule has 1 aromatic heterocycles. The molecule has 1 aromatic carbocycles. The minimum absolute atomic E-state index is 0.0324. The molecule has 1 N–H and O–H groups in total. The van der Waals surface area contributed by atoms with Gasteiger partial charge in [-0.3, -0.25) is 0 Å². The highest BCUT2D eigenvalue weighted by molar-refractivity contribution is 6.30. The molecular formula is C13H10ClNO3. The first-order valence-corrected chi connectivity index (χ1v) is 5.53. The van der Waals surface area contributed by atoms with Gasteiger partial charge in [0.05, 0.1) is 7.11 Å². The summed E-state index contributed by atoms with van der Waals surface area (Å²) in [6.07, 6.45) is 1.56. The van der Waals surface area contributed by atoms with Crippen molar-refractivity contribution >= 4 is 17.6 Å². The molecule has 0 aliphatic carbocycles. The van der Waals surface area contributed by atoms with Crippen LogP contribution >= 0.6 is 11.6 Å². The number of carboxylic acid groups (broad SMARTS) is 1. The van der Waals surface area contributed by atoms with Crippen LogP contribution in [0.4, 0.5) is 0 Å². The van der Waals surface area contributed by atoms with Crippen LogP contribution in [0.25, 0.3) is 11.1 Å². The van der Waals surface area contributed by atoms with Gasteiger partial charge in [0.1, 0.15) is 5.56 Å². The SMILES string of the molecule is COc1ncc(-c2ccc(Cl)cc2)cc1C(=O)O. The van der Waals surface area contributed by atoms with E-state index in [1.807, 2.05) is 0 Å². The van der Waals surface area contributed by atoms with E-state index < -0.39 is 5.97 Å². The average molecular weight is 264 g/mol. The van der Waals surface area contributed by atoms with Crippen molar-refractivity contribution in [3.05, 3.63) is 47.1 Å². The van der Waals surface area contributed by atoms with Gasteiger partial charge in [0, 0.05) is 16.8 Å². The summed E-state index contributed by atoms with van der Waals surface area (Å²) in [6.45, 7) is 0. The van der Waals surface area contributed by atoms with Crippen molar-refractivity contribution < 1.29 is 14.6 Å². The van der Waals surface area contributed by atoms with Gasteiger partial charge >= 0.3 is 5.97 Å². The minimum Gasteiger partial charge on any atom is -0.480 e. The summed E-state index contributed by atoms with van der Waals surface area (Å²) < 4.78 is 4.90. The Bertz CT molecular complexity index is 581. The summed E-state index contributed by atoms with van der Waals surface area (Å²) in [5, 5.41) is 9.69. The lowest BCUT2D eigenvalue weighted by Gasteiger charge is -2.06. The maximum Gasteiger partial charge on any atom is 0.341 e. The predicted octanol–water partition coefficient (Wildman–Crippen LogP) is 3.11. The Morgan fingerprint density at radius 3 is 2.50 bits per heavy atom. The quantitative estimate of drug-likeness (QED) is 0.924. The molecule has 0 saturated carbocycles. The lowest BCUT2D eigenvalue weighted by atomic mass is 10.1. The standard InChI is InChI=1S/C13H10ClNO3/c1-18-12-11(13(16)17)6-9(7-15-12)8-2-4-10(14)5-3-8/h2-7H,1H3,(H,16,17). The Labute approximate surface area is 109 Å². The van der Waals surface area contributed by atoms with Crippen molar-refractivity contribution in [3.63, 3.8) is 0 Å². The maximum absolute atomic E-state index is 11.1. The zero-order valence-electron chi connectivity index (χ0n) is 9.55. The van der Waals surface area contributed by atoms with Crippen molar-refractivity contribution in [2.75, 3.05) is 7.11 Å². The van der Waals surface area contributed by atoms with Gasteiger partial charge in [0.2, 0.25) is 5.88 Å². The Morgan fingerprint density at radius 2 is 1.94 bits per heavy atom. The first-order chi connectivity index (χ1) is 8.61. The number of hydrogen-bond donors (Lipinski definition) is 1. The molecule has 0 saturated heterocycles. The van der Waals surface area contributed by atoms with Crippen molar-refractivity contribution in [1.82, 2.24) is 4.98 Å². The third-order valence-corrected chi connectivity index (χ3v) is 2.70. The second kappa shape index (κ2) is 5.06. The van der Waals surface area contributed by atoms with E-state index in [1.165, 1.54) is 13.2 Å². The molecule has 0 unspecified atom stereocenters. The van der Waals surface area contributed by atoms with Crippen LogP contribution in [-0.2, 0) is 0 Å². The van der Waals surface area contributed by atoms with Gasteiger partial charge < -0.3 is 9.84 Å². The van der Waals surface area contributed by atoms with E-state index in [9.17, 15) is 4.79 Å². The number of halogens is 1. The van der Waals surface area contributed by atoms with Crippen LogP contribution in [0, 0.1) is 0 Å². The van der Waals surface area contributed by atoms with E-state index in [1.54, 1.807) is 30.5 Å². The summed E-state index contributed by atoms with van der Waals surface area (Å²) in [5.41, 5.74) is 1.58. The number of ether oxygens (including phenoxy) is 1. The molecular weight excluding hydrogens is 254 g/mol. The number of aromatic nitrogens is 1. The van der Waals surface area contributed by atoms with Crippen LogP contribution in [-0.4, -0.2) is 23.2 Å². The molecule has 0 fully saturated rings.